The van der Waals surface area contributed by atoms with E-state index in [1.165, 1.54) is 16.6 Å². The van der Waals surface area contributed by atoms with Crippen molar-refractivity contribution in [2.24, 2.45) is 0 Å². The van der Waals surface area contributed by atoms with Gasteiger partial charge in [-0.05, 0) is 39.0 Å². The number of nitrogens with zero attached hydrogens (tertiary/aromatic N) is 3. The van der Waals surface area contributed by atoms with Crippen LogP contribution in [0.4, 0.5) is 0 Å². The van der Waals surface area contributed by atoms with Crippen LogP contribution in [0.3, 0.4) is 0 Å². The summed E-state index contributed by atoms with van der Waals surface area (Å²) in [6.45, 7) is 1.79. The molecule has 0 saturated carbocycles. The van der Waals surface area contributed by atoms with Crippen molar-refractivity contribution in [1.29, 1.82) is 0 Å². The maximum absolute atomic E-state index is 12.5. The minimum Gasteiger partial charge on any atom is -0.306 e. The van der Waals surface area contributed by atoms with E-state index in [4.69, 9.17) is 23.2 Å². The van der Waals surface area contributed by atoms with E-state index < -0.39 is 10.0 Å². The fraction of sp³-hybridized carbons (Fsp3) is 0.583. The summed E-state index contributed by atoms with van der Waals surface area (Å²) in [5, 5.41) is 0.247. The van der Waals surface area contributed by atoms with Crippen molar-refractivity contribution in [2.75, 3.05) is 27.2 Å². The predicted molar refractivity (Wildman–Crippen MR) is 79.7 cm³/mol. The van der Waals surface area contributed by atoms with Crippen molar-refractivity contribution < 1.29 is 8.42 Å². The second kappa shape index (κ2) is 6.15. The van der Waals surface area contributed by atoms with Crippen LogP contribution in [0.2, 0.25) is 10.2 Å². The monoisotopic (exact) mass is 337 g/mol. The van der Waals surface area contributed by atoms with Gasteiger partial charge in [0.1, 0.15) is 10.0 Å². The molecule has 112 valence electrons. The third-order valence-corrected chi connectivity index (χ3v) is 6.21. The summed E-state index contributed by atoms with van der Waals surface area (Å²) in [4.78, 5) is 6.07. The van der Waals surface area contributed by atoms with Gasteiger partial charge in [0, 0.05) is 19.3 Å². The van der Waals surface area contributed by atoms with Gasteiger partial charge in [-0.3, -0.25) is 0 Å². The molecule has 0 aromatic carbocycles. The van der Waals surface area contributed by atoms with Gasteiger partial charge >= 0.3 is 0 Å². The van der Waals surface area contributed by atoms with E-state index in [1.807, 2.05) is 7.05 Å². The van der Waals surface area contributed by atoms with Crippen LogP contribution in [-0.2, 0) is 10.0 Å². The van der Waals surface area contributed by atoms with E-state index >= 15 is 0 Å². The minimum atomic E-state index is -3.59. The molecule has 1 saturated heterocycles. The van der Waals surface area contributed by atoms with E-state index in [2.05, 4.69) is 9.88 Å². The van der Waals surface area contributed by atoms with E-state index in [0.29, 0.717) is 0 Å². The Morgan fingerprint density at radius 3 is 2.50 bits per heavy atom. The number of aromatic nitrogens is 1. The lowest BCUT2D eigenvalue weighted by Crippen LogP contribution is -2.44. The van der Waals surface area contributed by atoms with E-state index in [9.17, 15) is 8.42 Å². The lowest BCUT2D eigenvalue weighted by molar-refractivity contribution is 0.197. The van der Waals surface area contributed by atoms with E-state index in [0.717, 1.165) is 25.9 Å². The highest BCUT2D eigenvalue weighted by Gasteiger charge is 2.30. The molecule has 1 aromatic rings. The number of hydrogen-bond acceptors (Lipinski definition) is 4. The molecule has 0 atom stereocenters. The number of halogens is 2. The summed E-state index contributed by atoms with van der Waals surface area (Å²) in [5.41, 5.74) is 0. The summed E-state index contributed by atoms with van der Waals surface area (Å²) in [6, 6.07) is 1.35. The van der Waals surface area contributed by atoms with Crippen molar-refractivity contribution in [3.8, 4) is 0 Å². The Labute approximate surface area is 129 Å². The quantitative estimate of drug-likeness (QED) is 0.792. The van der Waals surface area contributed by atoms with Crippen LogP contribution < -0.4 is 0 Å². The fourth-order valence-electron chi connectivity index (χ4n) is 2.27. The van der Waals surface area contributed by atoms with Gasteiger partial charge in [-0.25, -0.2) is 13.4 Å². The van der Waals surface area contributed by atoms with Crippen LogP contribution in [0.1, 0.15) is 12.8 Å². The van der Waals surface area contributed by atoms with Gasteiger partial charge in [0.05, 0.1) is 5.02 Å². The topological polar surface area (TPSA) is 53.5 Å². The number of likely N-dealkylation sites (tertiary alicyclic amines) is 1. The first-order valence-corrected chi connectivity index (χ1v) is 8.49. The molecule has 8 heteroatoms. The maximum atomic E-state index is 12.5. The number of piperidine rings is 1. The molecule has 1 aromatic heterocycles. The van der Waals surface area contributed by atoms with E-state index in [1.54, 1.807) is 7.05 Å². The van der Waals surface area contributed by atoms with Crippen LogP contribution in [-0.4, -0.2) is 55.8 Å². The molecular weight excluding hydrogens is 321 g/mol. The van der Waals surface area contributed by atoms with Gasteiger partial charge in [-0.15, -0.1) is 0 Å². The van der Waals surface area contributed by atoms with Crippen molar-refractivity contribution in [3.05, 3.63) is 22.4 Å². The van der Waals surface area contributed by atoms with Gasteiger partial charge < -0.3 is 4.90 Å². The number of hydrogen-bond donors (Lipinski definition) is 0. The molecule has 1 fully saturated rings. The van der Waals surface area contributed by atoms with Crippen LogP contribution in [0.15, 0.2) is 17.2 Å². The molecule has 0 amide bonds. The summed E-state index contributed by atoms with van der Waals surface area (Å²) >= 11 is 11.6. The molecular formula is C12H17Cl2N3O2S. The van der Waals surface area contributed by atoms with Gasteiger partial charge in [0.25, 0.3) is 0 Å². The highest BCUT2D eigenvalue weighted by atomic mass is 35.5. The van der Waals surface area contributed by atoms with Crippen LogP contribution in [0.5, 0.6) is 0 Å². The van der Waals surface area contributed by atoms with Crippen LogP contribution in [0, 0.1) is 0 Å². The predicted octanol–water partition coefficient (Wildman–Crippen LogP) is 2.10. The van der Waals surface area contributed by atoms with Crippen LogP contribution in [0.25, 0.3) is 0 Å². The standard InChI is InChI=1S/C12H17Cl2N3O2S/c1-16-5-3-9(4-6-16)17(2)20(18,19)10-7-11(13)12(14)15-8-10/h7-9H,3-6H2,1-2H3. The Bertz CT molecular complexity index is 586. The molecule has 0 aliphatic carbocycles. The molecule has 0 radical (unpaired) electrons. The zero-order chi connectivity index (χ0) is 14.9. The van der Waals surface area contributed by atoms with E-state index in [-0.39, 0.29) is 21.1 Å². The number of rotatable bonds is 3. The molecule has 0 spiro atoms. The minimum absolute atomic E-state index is 0.00523. The zero-order valence-electron chi connectivity index (χ0n) is 11.4. The fourth-order valence-corrected chi connectivity index (χ4v) is 3.99. The first-order chi connectivity index (χ1) is 9.32. The molecule has 0 unspecified atom stereocenters. The Kier molecular flexibility index (Phi) is 4.92. The van der Waals surface area contributed by atoms with Crippen LogP contribution >= 0.6 is 23.2 Å². The van der Waals surface area contributed by atoms with Crippen molar-refractivity contribution in [1.82, 2.24) is 14.2 Å². The molecule has 2 heterocycles. The molecule has 0 bridgehead atoms. The molecule has 20 heavy (non-hydrogen) atoms. The molecule has 5 nitrogen and oxygen atoms in total. The highest BCUT2D eigenvalue weighted by molar-refractivity contribution is 7.89. The first kappa shape index (κ1) is 16.0. The van der Waals surface area contributed by atoms with Crippen molar-refractivity contribution >= 4 is 33.2 Å². The van der Waals surface area contributed by atoms with Gasteiger partial charge in [-0.1, -0.05) is 23.2 Å². The normalized spacial score (nSPS) is 18.6. The Morgan fingerprint density at radius 2 is 1.95 bits per heavy atom. The number of sulfonamides is 1. The summed E-state index contributed by atoms with van der Waals surface area (Å²) in [7, 11) is 0.0542. The highest BCUT2D eigenvalue weighted by Crippen LogP contribution is 2.26. The Balaban J connectivity index is 2.23. The summed E-state index contributed by atoms with van der Waals surface area (Å²) in [5.74, 6) is 0. The summed E-state index contributed by atoms with van der Waals surface area (Å²) in [6.07, 6.45) is 2.89. The Hall–Kier alpha value is -0.400. The first-order valence-electron chi connectivity index (χ1n) is 6.30. The zero-order valence-corrected chi connectivity index (χ0v) is 13.7. The molecule has 1 aliphatic heterocycles. The van der Waals surface area contributed by atoms with Gasteiger partial charge in [0.15, 0.2) is 0 Å². The van der Waals surface area contributed by atoms with Gasteiger partial charge in [-0.2, -0.15) is 4.31 Å². The third kappa shape index (κ3) is 3.26. The largest absolute Gasteiger partial charge is 0.306 e. The van der Waals surface area contributed by atoms with Gasteiger partial charge in [0.2, 0.25) is 10.0 Å². The van der Waals surface area contributed by atoms with Crippen molar-refractivity contribution in [3.63, 3.8) is 0 Å². The lowest BCUT2D eigenvalue weighted by Gasteiger charge is -2.34. The second-order valence-corrected chi connectivity index (χ2v) is 7.76. The molecule has 0 N–H and O–H groups in total. The molecule has 1 aliphatic rings. The maximum Gasteiger partial charge on any atom is 0.244 e. The summed E-state index contributed by atoms with van der Waals surface area (Å²) < 4.78 is 26.5. The second-order valence-electron chi connectivity index (χ2n) is 5.00. The average molecular weight is 338 g/mol. The molecule has 2 rings (SSSR count). The number of pyridine rings is 1. The Morgan fingerprint density at radius 1 is 1.35 bits per heavy atom. The van der Waals surface area contributed by atoms with Crippen molar-refractivity contribution in [2.45, 2.75) is 23.8 Å². The lowest BCUT2D eigenvalue weighted by atomic mass is 10.1. The third-order valence-electron chi connectivity index (χ3n) is 3.65. The smallest absolute Gasteiger partial charge is 0.244 e. The SMILES string of the molecule is CN1CCC(N(C)S(=O)(=O)c2cnc(Cl)c(Cl)c2)CC1. The average Bonchev–Trinajstić information content (AvgIpc) is 2.41.